The van der Waals surface area contributed by atoms with Gasteiger partial charge in [0, 0.05) is 56.1 Å². The molecule has 1 N–H and O–H groups in total. The highest BCUT2D eigenvalue weighted by molar-refractivity contribution is 6.41. The lowest BCUT2D eigenvalue weighted by atomic mass is 10.0. The van der Waals surface area contributed by atoms with Crippen molar-refractivity contribution in [2.24, 2.45) is 0 Å². The number of nitrogens with zero attached hydrogens (tertiary/aromatic N) is 5. The molecule has 0 atom stereocenters. The summed E-state index contributed by atoms with van der Waals surface area (Å²) >= 11 is 13.6. The molecule has 0 saturated carbocycles. The number of hydrogen-bond acceptors (Lipinski definition) is 9. The molecular formula is C29H30Cl2N6O4. The molecule has 1 saturated heterocycles. The molecule has 0 radical (unpaired) electrons. The average Bonchev–Trinajstić information content (AvgIpc) is 2.99. The second-order valence-electron chi connectivity index (χ2n) is 9.39. The number of carbonyl (C=O) groups is 1. The largest absolute Gasteiger partial charge is 0.495 e. The molecule has 1 aliphatic heterocycles. The molecule has 0 aliphatic carbocycles. The van der Waals surface area contributed by atoms with Crippen LogP contribution in [0, 0.1) is 0 Å². The van der Waals surface area contributed by atoms with Gasteiger partial charge in [-0.1, -0.05) is 36.2 Å². The number of fused-ring (bicyclic) bond motifs is 1. The van der Waals surface area contributed by atoms with E-state index in [9.17, 15) is 4.79 Å². The summed E-state index contributed by atoms with van der Waals surface area (Å²) < 4.78 is 16.6. The number of anilines is 1. The zero-order valence-electron chi connectivity index (χ0n) is 23.0. The number of nitrogens with one attached hydrogen (secondary N) is 1. The summed E-state index contributed by atoms with van der Waals surface area (Å²) in [5, 5.41) is 3.21. The Bertz CT molecular complexity index is 1520. The van der Waals surface area contributed by atoms with Gasteiger partial charge in [-0.05, 0) is 30.8 Å². The first-order chi connectivity index (χ1) is 19.9. The number of halogens is 2. The van der Waals surface area contributed by atoms with Crippen molar-refractivity contribution in [2.45, 2.75) is 13.5 Å². The molecule has 1 fully saturated rings. The summed E-state index contributed by atoms with van der Waals surface area (Å²) in [5.41, 5.74) is 2.67. The average molecular weight is 598 g/mol. The van der Waals surface area contributed by atoms with E-state index in [1.807, 2.05) is 0 Å². The Kier molecular flexibility index (Phi) is 9.04. The Morgan fingerprint density at radius 3 is 2.27 bits per heavy atom. The van der Waals surface area contributed by atoms with Crippen LogP contribution in [-0.4, -0.2) is 77.8 Å². The van der Waals surface area contributed by atoms with Crippen LogP contribution in [-0.2, 0) is 6.54 Å². The summed E-state index contributed by atoms with van der Waals surface area (Å²) in [6.07, 6.45) is 2.57. The van der Waals surface area contributed by atoms with Crippen molar-refractivity contribution in [1.82, 2.24) is 24.8 Å². The number of likely N-dealkylation sites (N-methyl/N-ethyl adjacent to an activating group) is 1. The second kappa shape index (κ2) is 12.9. The van der Waals surface area contributed by atoms with E-state index in [2.05, 4.69) is 27.0 Å². The molecule has 12 heteroatoms. The molecule has 1 aliphatic rings. The third-order valence-corrected chi connectivity index (χ3v) is 7.70. The van der Waals surface area contributed by atoms with Gasteiger partial charge in [-0.2, -0.15) is 0 Å². The monoisotopic (exact) mass is 596 g/mol. The standard InChI is InChI=1S/C29H30Cl2N6O4/c1-4-36-11-13-37(14-12-36)17-18-16-33-28-20(41-29(38)35-23-7-5-6-10-32-23)9-8-19(27(28)34-18)24-25(30)21(39-2)15-22(40-3)26(24)31/h5-10,15-16H,4,11-14,17H2,1-3H3,(H,32,35,38). The van der Waals surface area contributed by atoms with Crippen LogP contribution in [0.5, 0.6) is 17.2 Å². The number of piperazine rings is 1. The summed E-state index contributed by atoms with van der Waals surface area (Å²) in [4.78, 5) is 31.3. The molecule has 0 unspecified atom stereocenters. The third kappa shape index (κ3) is 6.31. The Morgan fingerprint density at radius 1 is 0.927 bits per heavy atom. The molecule has 214 valence electrons. The molecular weight excluding hydrogens is 567 g/mol. The van der Waals surface area contributed by atoms with Gasteiger partial charge < -0.3 is 19.1 Å². The van der Waals surface area contributed by atoms with Crippen molar-refractivity contribution in [3.63, 3.8) is 0 Å². The molecule has 2 aromatic carbocycles. The smallest absolute Gasteiger partial charge is 0.418 e. The summed E-state index contributed by atoms with van der Waals surface area (Å²) in [7, 11) is 3.04. The zero-order chi connectivity index (χ0) is 28.9. The van der Waals surface area contributed by atoms with Gasteiger partial charge in [0.2, 0.25) is 0 Å². The molecule has 10 nitrogen and oxygen atoms in total. The normalized spacial score (nSPS) is 14.2. The van der Waals surface area contributed by atoms with Gasteiger partial charge >= 0.3 is 6.09 Å². The van der Waals surface area contributed by atoms with Gasteiger partial charge in [-0.15, -0.1) is 0 Å². The Hall–Kier alpha value is -3.70. The fraction of sp³-hybridized carbons (Fsp3) is 0.310. The second-order valence-corrected chi connectivity index (χ2v) is 10.1. The summed E-state index contributed by atoms with van der Waals surface area (Å²) in [6.45, 7) is 7.70. The van der Waals surface area contributed by atoms with E-state index in [-0.39, 0.29) is 5.75 Å². The molecule has 0 spiro atoms. The molecule has 4 aromatic rings. The number of carbonyl (C=O) groups excluding carboxylic acids is 1. The summed E-state index contributed by atoms with van der Waals surface area (Å²) in [6, 6.07) is 10.2. The lowest BCUT2D eigenvalue weighted by Gasteiger charge is -2.33. The predicted molar refractivity (Wildman–Crippen MR) is 159 cm³/mol. The number of rotatable bonds is 8. The minimum atomic E-state index is -0.712. The van der Waals surface area contributed by atoms with Gasteiger partial charge in [0.05, 0.1) is 36.2 Å². The van der Waals surface area contributed by atoms with Crippen molar-refractivity contribution in [3.8, 4) is 28.4 Å². The highest BCUT2D eigenvalue weighted by atomic mass is 35.5. The third-order valence-electron chi connectivity index (χ3n) is 6.95. The van der Waals surface area contributed by atoms with Crippen molar-refractivity contribution in [2.75, 3.05) is 52.3 Å². The number of pyridine rings is 1. The number of aromatic nitrogens is 3. The highest BCUT2D eigenvalue weighted by Gasteiger charge is 2.24. The van der Waals surface area contributed by atoms with Gasteiger partial charge in [-0.3, -0.25) is 10.2 Å². The van der Waals surface area contributed by atoms with E-state index in [0.29, 0.717) is 56.1 Å². The van der Waals surface area contributed by atoms with Gasteiger partial charge in [0.1, 0.15) is 28.4 Å². The topological polar surface area (TPSA) is 102 Å². The van der Waals surface area contributed by atoms with Crippen LogP contribution in [0.25, 0.3) is 22.2 Å². The maximum absolute atomic E-state index is 12.7. The Morgan fingerprint density at radius 2 is 1.63 bits per heavy atom. The number of amides is 1. The van der Waals surface area contributed by atoms with Crippen LogP contribution in [0.15, 0.2) is 48.8 Å². The molecule has 3 heterocycles. The molecule has 5 rings (SSSR count). The minimum absolute atomic E-state index is 0.217. The molecule has 41 heavy (non-hydrogen) atoms. The fourth-order valence-corrected chi connectivity index (χ4v) is 5.46. The van der Waals surface area contributed by atoms with Crippen molar-refractivity contribution in [3.05, 3.63) is 64.5 Å². The summed E-state index contributed by atoms with van der Waals surface area (Å²) in [5.74, 6) is 1.36. The van der Waals surface area contributed by atoms with Crippen LogP contribution in [0.2, 0.25) is 10.0 Å². The van der Waals surface area contributed by atoms with Crippen LogP contribution in [0.4, 0.5) is 10.6 Å². The highest BCUT2D eigenvalue weighted by Crippen LogP contribution is 2.48. The quantitative estimate of drug-likeness (QED) is 0.272. The van der Waals surface area contributed by atoms with Gasteiger partial charge in [0.15, 0.2) is 5.75 Å². The fourth-order valence-electron chi connectivity index (χ4n) is 4.75. The predicted octanol–water partition coefficient (Wildman–Crippen LogP) is 5.76. The lowest BCUT2D eigenvalue weighted by Crippen LogP contribution is -2.45. The maximum atomic E-state index is 12.7. The van der Waals surface area contributed by atoms with E-state index >= 15 is 0 Å². The van der Waals surface area contributed by atoms with Crippen molar-refractivity contribution >= 4 is 46.1 Å². The minimum Gasteiger partial charge on any atom is -0.495 e. The first kappa shape index (κ1) is 28.8. The zero-order valence-corrected chi connectivity index (χ0v) is 24.5. The van der Waals surface area contributed by atoms with E-state index in [1.165, 1.54) is 14.2 Å². The van der Waals surface area contributed by atoms with E-state index in [1.54, 1.807) is 48.8 Å². The van der Waals surface area contributed by atoms with Crippen LogP contribution >= 0.6 is 23.2 Å². The SMILES string of the molecule is CCN1CCN(Cc2cnc3c(OC(=O)Nc4ccccn4)ccc(-c4c(Cl)c(OC)cc(OC)c4Cl)c3n2)CC1. The van der Waals surface area contributed by atoms with Crippen molar-refractivity contribution in [1.29, 1.82) is 0 Å². The number of benzene rings is 2. The van der Waals surface area contributed by atoms with E-state index in [0.717, 1.165) is 38.4 Å². The Labute approximate surface area is 248 Å². The molecule has 1 amide bonds. The van der Waals surface area contributed by atoms with Gasteiger partial charge in [-0.25, -0.2) is 19.7 Å². The van der Waals surface area contributed by atoms with E-state index < -0.39 is 6.09 Å². The molecule has 0 bridgehead atoms. The van der Waals surface area contributed by atoms with Crippen LogP contribution < -0.4 is 19.5 Å². The molecule has 2 aromatic heterocycles. The lowest BCUT2D eigenvalue weighted by molar-refractivity contribution is 0.131. The van der Waals surface area contributed by atoms with Crippen LogP contribution in [0.1, 0.15) is 12.6 Å². The van der Waals surface area contributed by atoms with E-state index in [4.69, 9.17) is 47.4 Å². The van der Waals surface area contributed by atoms with Crippen molar-refractivity contribution < 1.29 is 19.0 Å². The first-order valence-electron chi connectivity index (χ1n) is 13.1. The van der Waals surface area contributed by atoms with Crippen LogP contribution in [0.3, 0.4) is 0 Å². The number of methoxy groups -OCH3 is 2. The Balaban J connectivity index is 1.57. The number of ether oxygens (including phenoxy) is 3. The van der Waals surface area contributed by atoms with Gasteiger partial charge in [0.25, 0.3) is 0 Å². The number of hydrogen-bond donors (Lipinski definition) is 1. The first-order valence-corrected chi connectivity index (χ1v) is 13.9. The maximum Gasteiger partial charge on any atom is 0.418 e.